The van der Waals surface area contributed by atoms with Crippen LogP contribution in [0.2, 0.25) is 0 Å². The number of aromatic nitrogens is 2. The fraction of sp³-hybridized carbons (Fsp3) is 0.625. The van der Waals surface area contributed by atoms with Crippen molar-refractivity contribution in [1.29, 1.82) is 0 Å². The van der Waals surface area contributed by atoms with Crippen LogP contribution < -0.4 is 0 Å². The van der Waals surface area contributed by atoms with Crippen molar-refractivity contribution in [2.24, 2.45) is 5.92 Å². The van der Waals surface area contributed by atoms with Crippen molar-refractivity contribution >= 4 is 33.3 Å². The van der Waals surface area contributed by atoms with E-state index in [1.54, 1.807) is 16.8 Å². The molecule has 4 heteroatoms. The molecule has 0 aliphatic heterocycles. The summed E-state index contributed by atoms with van der Waals surface area (Å²) in [5.41, 5.74) is 1.57. The van der Waals surface area contributed by atoms with E-state index in [1.165, 1.54) is 60.2 Å². The van der Waals surface area contributed by atoms with Gasteiger partial charge in [0.2, 0.25) is 0 Å². The normalized spacial score (nSPS) is 23.4. The second-order valence-electron chi connectivity index (χ2n) is 6.24. The Kier molecular flexibility index (Phi) is 3.47. The highest BCUT2D eigenvalue weighted by Gasteiger charge is 2.25. The van der Waals surface area contributed by atoms with Gasteiger partial charge in [-0.25, -0.2) is 9.97 Å². The molecule has 0 aromatic carbocycles. The molecule has 0 spiro atoms. The molecule has 0 radical (unpaired) electrons. The van der Waals surface area contributed by atoms with Crippen molar-refractivity contribution in [3.05, 3.63) is 16.8 Å². The fourth-order valence-corrected chi connectivity index (χ4v) is 6.25. The average Bonchev–Trinajstić information content (AvgIpc) is 3.05. The van der Waals surface area contributed by atoms with Gasteiger partial charge in [0.05, 0.1) is 0 Å². The van der Waals surface area contributed by atoms with E-state index in [9.17, 15) is 0 Å². The third-order valence-corrected chi connectivity index (χ3v) is 7.14. The van der Waals surface area contributed by atoms with Crippen molar-refractivity contribution in [3.63, 3.8) is 0 Å². The molecule has 106 valence electrons. The summed E-state index contributed by atoms with van der Waals surface area (Å²) in [4.78, 5) is 12.0. The smallest absolute Gasteiger partial charge is 0.128 e. The van der Waals surface area contributed by atoms with Crippen LogP contribution in [-0.2, 0) is 12.8 Å². The first kappa shape index (κ1) is 13.1. The van der Waals surface area contributed by atoms with Crippen molar-refractivity contribution < 1.29 is 0 Å². The zero-order valence-electron chi connectivity index (χ0n) is 11.9. The van der Waals surface area contributed by atoms with Crippen LogP contribution in [0.15, 0.2) is 11.4 Å². The number of fused-ring (bicyclic) bond motifs is 3. The number of hydrogen-bond acceptors (Lipinski definition) is 4. The minimum Gasteiger partial charge on any atom is -0.229 e. The van der Waals surface area contributed by atoms with Crippen LogP contribution in [0.5, 0.6) is 0 Å². The predicted octanol–water partition coefficient (Wildman–Crippen LogP) is 4.85. The summed E-state index contributed by atoms with van der Waals surface area (Å²) in [6.45, 7) is 2.37. The van der Waals surface area contributed by atoms with Crippen molar-refractivity contribution in [3.8, 4) is 0 Å². The van der Waals surface area contributed by atoms with Crippen LogP contribution >= 0.6 is 23.1 Å². The maximum Gasteiger partial charge on any atom is 0.128 e. The van der Waals surface area contributed by atoms with Gasteiger partial charge in [-0.15, -0.1) is 23.1 Å². The largest absolute Gasteiger partial charge is 0.229 e. The molecule has 2 aliphatic rings. The number of nitrogens with zero attached hydrogens (tertiary/aromatic N) is 2. The lowest BCUT2D eigenvalue weighted by molar-refractivity contribution is 0.509. The molecule has 4 rings (SSSR count). The molecule has 0 amide bonds. The molecule has 2 heterocycles. The van der Waals surface area contributed by atoms with E-state index in [-0.39, 0.29) is 0 Å². The highest BCUT2D eigenvalue weighted by atomic mass is 32.2. The van der Waals surface area contributed by atoms with Gasteiger partial charge >= 0.3 is 0 Å². The highest BCUT2D eigenvalue weighted by molar-refractivity contribution is 8.00. The maximum atomic E-state index is 4.63. The van der Waals surface area contributed by atoms with Gasteiger partial charge in [0, 0.05) is 15.5 Å². The molecule has 1 fully saturated rings. The van der Waals surface area contributed by atoms with Crippen LogP contribution in [-0.4, -0.2) is 15.2 Å². The van der Waals surface area contributed by atoms with Gasteiger partial charge in [0.1, 0.15) is 16.2 Å². The topological polar surface area (TPSA) is 25.8 Å². The molecule has 0 unspecified atom stereocenters. The van der Waals surface area contributed by atoms with Gasteiger partial charge in [0.15, 0.2) is 0 Å². The molecule has 0 bridgehead atoms. The maximum absolute atomic E-state index is 4.63. The lowest BCUT2D eigenvalue weighted by Crippen LogP contribution is -2.08. The third kappa shape index (κ3) is 2.27. The number of rotatable bonds is 2. The van der Waals surface area contributed by atoms with Gasteiger partial charge in [-0.3, -0.25) is 0 Å². The second-order valence-corrected chi connectivity index (χ2v) is 8.61. The van der Waals surface area contributed by atoms with E-state index in [4.69, 9.17) is 0 Å². The Bertz CT molecular complexity index is 629. The SMILES string of the molecule is C[C@@H]1CCc2c(sc3ncnc(SC4CCCC4)c23)C1. The van der Waals surface area contributed by atoms with Crippen molar-refractivity contribution in [1.82, 2.24) is 9.97 Å². The molecule has 2 aromatic rings. The van der Waals surface area contributed by atoms with Gasteiger partial charge in [-0.1, -0.05) is 19.8 Å². The summed E-state index contributed by atoms with van der Waals surface area (Å²) in [6.07, 6.45) is 11.1. The summed E-state index contributed by atoms with van der Waals surface area (Å²) < 4.78 is 0. The Hall–Kier alpha value is -0.610. The quantitative estimate of drug-likeness (QED) is 0.742. The lowest BCUT2D eigenvalue weighted by Gasteiger charge is -2.18. The van der Waals surface area contributed by atoms with Gasteiger partial charge in [0.25, 0.3) is 0 Å². The lowest BCUT2D eigenvalue weighted by atomic mass is 9.89. The first-order valence-electron chi connectivity index (χ1n) is 7.73. The number of aryl methyl sites for hydroxylation is 1. The molecular formula is C16H20N2S2. The monoisotopic (exact) mass is 304 g/mol. The standard InChI is InChI=1S/C16H20N2S2/c1-10-6-7-12-13(8-10)20-16-14(12)15(17-9-18-16)19-11-4-2-3-5-11/h9-11H,2-8H2,1H3/t10-/m1/s1. The number of thiophene rings is 1. The van der Waals surface area contributed by atoms with Crippen LogP contribution in [0, 0.1) is 5.92 Å². The summed E-state index contributed by atoms with van der Waals surface area (Å²) in [5, 5.41) is 3.44. The average molecular weight is 304 g/mol. The Morgan fingerprint density at radius 1 is 1.20 bits per heavy atom. The molecule has 0 N–H and O–H groups in total. The number of hydrogen-bond donors (Lipinski definition) is 0. The summed E-state index contributed by atoms with van der Waals surface area (Å²) in [6, 6.07) is 0. The van der Waals surface area contributed by atoms with E-state index in [1.807, 2.05) is 23.1 Å². The fourth-order valence-electron chi connectivity index (χ4n) is 3.50. The molecule has 1 saturated carbocycles. The Balaban J connectivity index is 1.76. The summed E-state index contributed by atoms with van der Waals surface area (Å²) in [5.74, 6) is 0.828. The molecular weight excluding hydrogens is 284 g/mol. The minimum atomic E-state index is 0.783. The Morgan fingerprint density at radius 2 is 2.05 bits per heavy atom. The second kappa shape index (κ2) is 5.30. The van der Waals surface area contributed by atoms with Crippen LogP contribution in [0.3, 0.4) is 0 Å². The van der Waals surface area contributed by atoms with E-state index < -0.39 is 0 Å². The van der Waals surface area contributed by atoms with E-state index in [0.29, 0.717) is 0 Å². The number of thioether (sulfide) groups is 1. The van der Waals surface area contributed by atoms with Crippen LogP contribution in [0.4, 0.5) is 0 Å². The van der Waals surface area contributed by atoms with Crippen molar-refractivity contribution in [2.75, 3.05) is 0 Å². The molecule has 2 aliphatic carbocycles. The zero-order valence-corrected chi connectivity index (χ0v) is 13.5. The zero-order chi connectivity index (χ0) is 13.5. The molecule has 2 nitrogen and oxygen atoms in total. The molecule has 1 atom stereocenters. The minimum absolute atomic E-state index is 0.783. The summed E-state index contributed by atoms with van der Waals surface area (Å²) in [7, 11) is 0. The molecule has 20 heavy (non-hydrogen) atoms. The Labute approximate surface area is 128 Å². The van der Waals surface area contributed by atoms with Crippen LogP contribution in [0.25, 0.3) is 10.2 Å². The van der Waals surface area contributed by atoms with E-state index >= 15 is 0 Å². The highest BCUT2D eigenvalue weighted by Crippen LogP contribution is 2.43. The van der Waals surface area contributed by atoms with E-state index in [2.05, 4.69) is 16.9 Å². The van der Waals surface area contributed by atoms with Crippen molar-refractivity contribution in [2.45, 2.75) is 62.1 Å². The molecule has 0 saturated heterocycles. The van der Waals surface area contributed by atoms with Crippen LogP contribution in [0.1, 0.15) is 49.5 Å². The van der Waals surface area contributed by atoms with Gasteiger partial charge < -0.3 is 0 Å². The Morgan fingerprint density at radius 3 is 2.90 bits per heavy atom. The van der Waals surface area contributed by atoms with Gasteiger partial charge in [-0.05, 0) is 43.6 Å². The van der Waals surface area contributed by atoms with Gasteiger partial charge in [-0.2, -0.15) is 0 Å². The molecule has 2 aromatic heterocycles. The summed E-state index contributed by atoms with van der Waals surface area (Å²) >= 11 is 3.93. The third-order valence-electron chi connectivity index (χ3n) is 4.64. The first-order chi connectivity index (χ1) is 9.81. The predicted molar refractivity (Wildman–Crippen MR) is 86.7 cm³/mol. The first-order valence-corrected chi connectivity index (χ1v) is 9.43. The van der Waals surface area contributed by atoms with E-state index in [0.717, 1.165) is 11.2 Å².